The van der Waals surface area contributed by atoms with E-state index in [9.17, 15) is 0 Å². The summed E-state index contributed by atoms with van der Waals surface area (Å²) in [6.45, 7) is 6.03. The molecule has 1 N–H and O–H groups in total. The van der Waals surface area contributed by atoms with E-state index in [2.05, 4.69) is 53.6 Å². The van der Waals surface area contributed by atoms with Gasteiger partial charge in [-0.05, 0) is 24.1 Å². The zero-order chi connectivity index (χ0) is 13.2. The van der Waals surface area contributed by atoms with Crippen molar-refractivity contribution in [3.05, 3.63) is 47.1 Å². The van der Waals surface area contributed by atoms with Gasteiger partial charge in [0, 0.05) is 12.5 Å². The summed E-state index contributed by atoms with van der Waals surface area (Å²) in [5, 5.41) is 7.45. The highest BCUT2D eigenvalue weighted by Gasteiger charge is 2.31. The van der Waals surface area contributed by atoms with Crippen molar-refractivity contribution in [3.63, 3.8) is 0 Å². The van der Waals surface area contributed by atoms with Crippen LogP contribution in [0.1, 0.15) is 48.5 Å². The smallest absolute Gasteiger partial charge is 0.230 e. The lowest BCUT2D eigenvalue weighted by Crippen LogP contribution is -2.20. The van der Waals surface area contributed by atoms with Crippen LogP contribution in [0.25, 0.3) is 0 Å². The van der Waals surface area contributed by atoms with Crippen LogP contribution in [0.3, 0.4) is 0 Å². The fourth-order valence-corrected chi connectivity index (χ4v) is 2.53. The molecule has 1 aliphatic carbocycles. The molecule has 19 heavy (non-hydrogen) atoms. The van der Waals surface area contributed by atoms with Crippen LogP contribution in [0.4, 0.5) is 0 Å². The molecule has 1 aromatic carbocycles. The maximum Gasteiger partial charge on any atom is 0.230 e. The quantitative estimate of drug-likeness (QED) is 0.894. The maximum absolute atomic E-state index is 5.39. The summed E-state index contributed by atoms with van der Waals surface area (Å²) in [6, 6.07) is 8.47. The third kappa shape index (κ3) is 2.28. The zero-order valence-corrected chi connectivity index (χ0v) is 11.4. The van der Waals surface area contributed by atoms with E-state index in [1.54, 1.807) is 0 Å². The third-order valence-electron chi connectivity index (χ3n) is 3.75. The zero-order valence-electron chi connectivity index (χ0n) is 11.4. The van der Waals surface area contributed by atoms with Crippen molar-refractivity contribution in [2.24, 2.45) is 0 Å². The highest BCUT2D eigenvalue weighted by atomic mass is 16.5. The van der Waals surface area contributed by atoms with E-state index in [0.717, 1.165) is 31.2 Å². The summed E-state index contributed by atoms with van der Waals surface area (Å²) in [6.07, 6.45) is 1.02. The monoisotopic (exact) mass is 257 g/mol. The molecule has 1 aliphatic rings. The standard InChI is InChI=1S/C15H19N3O/c1-3-16-9-10(2)15-17-14(18-19-15)13-8-11-6-4-5-7-12(11)13/h4-7,10,13,16H,3,8-9H2,1-2H3. The molecule has 1 heterocycles. The Morgan fingerprint density at radius 2 is 2.26 bits per heavy atom. The molecule has 1 aromatic heterocycles. The van der Waals surface area contributed by atoms with Crippen molar-refractivity contribution in [2.45, 2.75) is 32.1 Å². The van der Waals surface area contributed by atoms with E-state index < -0.39 is 0 Å². The molecule has 0 spiro atoms. The van der Waals surface area contributed by atoms with E-state index in [0.29, 0.717) is 5.92 Å². The summed E-state index contributed by atoms with van der Waals surface area (Å²) in [5.41, 5.74) is 2.74. The number of hydrogen-bond acceptors (Lipinski definition) is 4. The molecule has 0 saturated heterocycles. The van der Waals surface area contributed by atoms with Crippen molar-refractivity contribution in [3.8, 4) is 0 Å². The maximum atomic E-state index is 5.39. The second-order valence-corrected chi connectivity index (χ2v) is 5.16. The first kappa shape index (κ1) is 12.4. The summed E-state index contributed by atoms with van der Waals surface area (Å²) in [5.74, 6) is 2.15. The average molecular weight is 257 g/mol. The topological polar surface area (TPSA) is 51.0 Å². The molecule has 2 unspecified atom stereocenters. The van der Waals surface area contributed by atoms with E-state index in [1.807, 2.05) is 0 Å². The first-order valence-electron chi connectivity index (χ1n) is 6.91. The van der Waals surface area contributed by atoms with Crippen LogP contribution in [0.5, 0.6) is 0 Å². The van der Waals surface area contributed by atoms with Crippen LogP contribution >= 0.6 is 0 Å². The Morgan fingerprint density at radius 1 is 1.42 bits per heavy atom. The molecule has 0 saturated carbocycles. The summed E-state index contributed by atoms with van der Waals surface area (Å²) >= 11 is 0. The van der Waals surface area contributed by atoms with Gasteiger partial charge < -0.3 is 9.84 Å². The van der Waals surface area contributed by atoms with Gasteiger partial charge in [-0.15, -0.1) is 0 Å². The van der Waals surface area contributed by atoms with Gasteiger partial charge in [-0.1, -0.05) is 43.3 Å². The molecule has 4 heteroatoms. The first-order chi connectivity index (χ1) is 9.29. The Kier molecular flexibility index (Phi) is 3.34. The SMILES string of the molecule is CCNCC(C)c1nc(C2Cc3ccccc32)no1. The number of rotatable bonds is 5. The van der Waals surface area contributed by atoms with Gasteiger partial charge in [-0.25, -0.2) is 0 Å². The van der Waals surface area contributed by atoms with Gasteiger partial charge in [-0.3, -0.25) is 0 Å². The summed E-state index contributed by atoms with van der Waals surface area (Å²) < 4.78 is 5.39. The highest BCUT2D eigenvalue weighted by Crippen LogP contribution is 2.38. The van der Waals surface area contributed by atoms with Gasteiger partial charge in [-0.2, -0.15) is 4.98 Å². The molecule has 0 amide bonds. The number of nitrogens with zero attached hydrogens (tertiary/aromatic N) is 2. The summed E-state index contributed by atoms with van der Waals surface area (Å²) in [7, 11) is 0. The van der Waals surface area contributed by atoms with Crippen molar-refractivity contribution in [1.29, 1.82) is 0 Å². The van der Waals surface area contributed by atoms with Crippen LogP contribution in [0.15, 0.2) is 28.8 Å². The Hall–Kier alpha value is -1.68. The van der Waals surface area contributed by atoms with Crippen molar-refractivity contribution in [1.82, 2.24) is 15.5 Å². The molecular formula is C15H19N3O. The van der Waals surface area contributed by atoms with Gasteiger partial charge in [0.1, 0.15) is 0 Å². The lowest BCUT2D eigenvalue weighted by molar-refractivity contribution is 0.349. The predicted molar refractivity (Wildman–Crippen MR) is 73.2 cm³/mol. The van der Waals surface area contributed by atoms with Gasteiger partial charge in [0.25, 0.3) is 0 Å². The lowest BCUT2D eigenvalue weighted by Gasteiger charge is -2.27. The van der Waals surface area contributed by atoms with Crippen molar-refractivity contribution >= 4 is 0 Å². The van der Waals surface area contributed by atoms with Gasteiger partial charge in [0.05, 0.1) is 5.92 Å². The molecule has 4 nitrogen and oxygen atoms in total. The van der Waals surface area contributed by atoms with E-state index >= 15 is 0 Å². The van der Waals surface area contributed by atoms with E-state index in [1.165, 1.54) is 11.1 Å². The van der Waals surface area contributed by atoms with Gasteiger partial charge in [0.2, 0.25) is 5.89 Å². The number of nitrogens with one attached hydrogen (secondary N) is 1. The van der Waals surface area contributed by atoms with Crippen LogP contribution in [0.2, 0.25) is 0 Å². The van der Waals surface area contributed by atoms with E-state index in [-0.39, 0.29) is 5.92 Å². The summed E-state index contributed by atoms with van der Waals surface area (Å²) in [4.78, 5) is 4.57. The second kappa shape index (κ2) is 5.13. The molecule has 3 rings (SSSR count). The molecule has 0 aliphatic heterocycles. The molecule has 0 bridgehead atoms. The highest BCUT2D eigenvalue weighted by molar-refractivity contribution is 5.43. The van der Waals surface area contributed by atoms with Gasteiger partial charge in [0.15, 0.2) is 5.82 Å². The first-order valence-corrected chi connectivity index (χ1v) is 6.91. The second-order valence-electron chi connectivity index (χ2n) is 5.16. The Balaban J connectivity index is 1.73. The van der Waals surface area contributed by atoms with Crippen LogP contribution in [-0.2, 0) is 6.42 Å². The molecule has 100 valence electrons. The fourth-order valence-electron chi connectivity index (χ4n) is 2.53. The molecule has 0 fully saturated rings. The number of likely N-dealkylation sites (N-methyl/N-ethyl adjacent to an activating group) is 1. The minimum atomic E-state index is 0.261. The lowest BCUT2D eigenvalue weighted by atomic mass is 9.77. The predicted octanol–water partition coefficient (Wildman–Crippen LogP) is 2.47. The molecular weight excluding hydrogens is 238 g/mol. The van der Waals surface area contributed by atoms with Gasteiger partial charge >= 0.3 is 0 Å². The van der Waals surface area contributed by atoms with Crippen molar-refractivity contribution < 1.29 is 4.52 Å². The number of aromatic nitrogens is 2. The Bertz CT molecular complexity index is 564. The molecule has 2 atom stereocenters. The third-order valence-corrected chi connectivity index (χ3v) is 3.75. The van der Waals surface area contributed by atoms with Crippen LogP contribution in [0, 0.1) is 0 Å². The van der Waals surface area contributed by atoms with Crippen LogP contribution < -0.4 is 5.32 Å². The Labute approximate surface area is 113 Å². The Morgan fingerprint density at radius 3 is 3.05 bits per heavy atom. The van der Waals surface area contributed by atoms with Crippen molar-refractivity contribution in [2.75, 3.05) is 13.1 Å². The number of fused-ring (bicyclic) bond motifs is 1. The normalized spacial score (nSPS) is 18.7. The number of benzene rings is 1. The fraction of sp³-hybridized carbons (Fsp3) is 0.467. The number of hydrogen-bond donors (Lipinski definition) is 1. The molecule has 2 aromatic rings. The van der Waals surface area contributed by atoms with E-state index in [4.69, 9.17) is 4.52 Å². The average Bonchev–Trinajstić information content (AvgIpc) is 2.87. The minimum Gasteiger partial charge on any atom is -0.339 e. The largest absolute Gasteiger partial charge is 0.339 e. The minimum absolute atomic E-state index is 0.261. The van der Waals surface area contributed by atoms with Crippen LogP contribution in [-0.4, -0.2) is 23.2 Å². The molecule has 0 radical (unpaired) electrons.